The van der Waals surface area contributed by atoms with E-state index in [-0.39, 0.29) is 0 Å². The summed E-state index contributed by atoms with van der Waals surface area (Å²) in [5.41, 5.74) is 5.46. The monoisotopic (exact) mass is 456 g/mol. The highest BCUT2D eigenvalue weighted by atomic mass is 16.5. The van der Waals surface area contributed by atoms with E-state index >= 15 is 0 Å². The van der Waals surface area contributed by atoms with Gasteiger partial charge >= 0.3 is 0 Å². The van der Waals surface area contributed by atoms with Crippen LogP contribution in [0.25, 0.3) is 22.5 Å². The van der Waals surface area contributed by atoms with Crippen LogP contribution in [0.2, 0.25) is 0 Å². The zero-order valence-electron chi connectivity index (χ0n) is 19.9. The number of imidazole rings is 1. The van der Waals surface area contributed by atoms with E-state index in [0.29, 0.717) is 6.61 Å². The molecule has 0 saturated heterocycles. The van der Waals surface area contributed by atoms with Crippen LogP contribution < -0.4 is 9.47 Å². The third-order valence-electron chi connectivity index (χ3n) is 5.78. The summed E-state index contributed by atoms with van der Waals surface area (Å²) in [6.07, 6.45) is 4.09. The summed E-state index contributed by atoms with van der Waals surface area (Å²) in [5, 5.41) is 0. The Balaban J connectivity index is 1.27. The van der Waals surface area contributed by atoms with Gasteiger partial charge in [0.05, 0.1) is 32.2 Å². The average Bonchev–Trinajstić information content (AvgIpc) is 3.33. The Kier molecular flexibility index (Phi) is 8.36. The van der Waals surface area contributed by atoms with Crippen molar-refractivity contribution in [3.63, 3.8) is 0 Å². The summed E-state index contributed by atoms with van der Waals surface area (Å²) in [4.78, 5) is 8.53. The predicted octanol–water partition coefficient (Wildman–Crippen LogP) is 6.69. The normalized spacial score (nSPS) is 10.9. The maximum Gasteiger partial charge on any atom is 0.161 e. The largest absolute Gasteiger partial charge is 0.493 e. The Morgan fingerprint density at radius 3 is 2.15 bits per heavy atom. The Bertz CT molecular complexity index is 1100. The van der Waals surface area contributed by atoms with Gasteiger partial charge < -0.3 is 19.2 Å². The Morgan fingerprint density at radius 2 is 1.44 bits per heavy atom. The smallest absolute Gasteiger partial charge is 0.161 e. The lowest BCUT2D eigenvalue weighted by molar-refractivity contribution is 0.116. The molecule has 0 aliphatic carbocycles. The lowest BCUT2D eigenvalue weighted by Gasteiger charge is -2.10. The topological polar surface area (TPSA) is 56.4 Å². The second kappa shape index (κ2) is 12.1. The van der Waals surface area contributed by atoms with Gasteiger partial charge in [0.25, 0.3) is 0 Å². The maximum absolute atomic E-state index is 5.86. The predicted molar refractivity (Wildman–Crippen MR) is 136 cm³/mol. The van der Waals surface area contributed by atoms with Crippen molar-refractivity contribution in [3.8, 4) is 34.0 Å². The van der Waals surface area contributed by atoms with E-state index < -0.39 is 0 Å². The minimum atomic E-state index is 0.569. The minimum absolute atomic E-state index is 0.569. The number of rotatable bonds is 12. The summed E-state index contributed by atoms with van der Waals surface area (Å²) in [5.74, 6) is 2.49. The Morgan fingerprint density at radius 1 is 0.735 bits per heavy atom. The molecule has 1 aromatic heterocycles. The molecule has 0 saturated carbocycles. The van der Waals surface area contributed by atoms with Crippen LogP contribution in [0.4, 0.5) is 0 Å². The molecule has 176 valence electrons. The van der Waals surface area contributed by atoms with Gasteiger partial charge in [0, 0.05) is 24.2 Å². The van der Waals surface area contributed by atoms with E-state index in [9.17, 15) is 0 Å². The quantitative estimate of drug-likeness (QED) is 0.241. The highest BCUT2D eigenvalue weighted by Crippen LogP contribution is 2.30. The van der Waals surface area contributed by atoms with Crippen molar-refractivity contribution in [2.45, 2.75) is 32.3 Å². The fourth-order valence-electron chi connectivity index (χ4n) is 3.99. The highest BCUT2D eigenvalue weighted by Gasteiger charge is 2.13. The molecule has 5 nitrogen and oxygen atoms in total. The van der Waals surface area contributed by atoms with Gasteiger partial charge in [-0.2, -0.15) is 0 Å². The summed E-state index contributed by atoms with van der Waals surface area (Å²) < 4.78 is 16.5. The van der Waals surface area contributed by atoms with Gasteiger partial charge in [-0.3, -0.25) is 0 Å². The molecule has 0 aliphatic heterocycles. The first kappa shape index (κ1) is 23.6. The first-order valence-corrected chi connectivity index (χ1v) is 11.8. The molecule has 3 aromatic carbocycles. The van der Waals surface area contributed by atoms with E-state index in [1.54, 1.807) is 14.2 Å². The molecule has 1 N–H and O–H groups in total. The first-order chi connectivity index (χ1) is 16.8. The number of nitrogens with zero attached hydrogens (tertiary/aromatic N) is 1. The number of hydrogen-bond donors (Lipinski definition) is 1. The number of benzene rings is 3. The van der Waals surface area contributed by atoms with Gasteiger partial charge in [-0.15, -0.1) is 0 Å². The number of aromatic nitrogens is 2. The van der Waals surface area contributed by atoms with Crippen LogP contribution in [0, 0.1) is 0 Å². The molecule has 0 atom stereocenters. The molecule has 5 heteroatoms. The van der Waals surface area contributed by atoms with E-state index in [1.165, 1.54) is 0 Å². The molecule has 0 spiro atoms. The van der Waals surface area contributed by atoms with E-state index in [2.05, 4.69) is 53.5 Å². The summed E-state index contributed by atoms with van der Waals surface area (Å²) in [7, 11) is 3.29. The zero-order valence-corrected chi connectivity index (χ0v) is 19.9. The van der Waals surface area contributed by atoms with Crippen molar-refractivity contribution in [2.24, 2.45) is 0 Å². The average molecular weight is 457 g/mol. The van der Waals surface area contributed by atoms with Gasteiger partial charge in [0.2, 0.25) is 0 Å². The number of aromatic amines is 1. The molecule has 0 fully saturated rings. The molecule has 0 amide bonds. The van der Waals surface area contributed by atoms with Gasteiger partial charge in [-0.1, -0.05) is 73.2 Å². The number of methoxy groups -OCH3 is 2. The van der Waals surface area contributed by atoms with Gasteiger partial charge in [0.15, 0.2) is 11.5 Å². The number of aryl methyl sites for hydroxylation is 1. The van der Waals surface area contributed by atoms with Gasteiger partial charge in [0.1, 0.15) is 5.82 Å². The number of nitrogens with one attached hydrogen (secondary N) is 1. The molecule has 4 rings (SSSR count). The van der Waals surface area contributed by atoms with Crippen LogP contribution >= 0.6 is 0 Å². The molecular formula is C29H32N2O3. The van der Waals surface area contributed by atoms with Crippen LogP contribution in [0.15, 0.2) is 78.9 Å². The first-order valence-electron chi connectivity index (χ1n) is 11.8. The van der Waals surface area contributed by atoms with Crippen LogP contribution in [-0.2, 0) is 17.8 Å². The fourth-order valence-corrected chi connectivity index (χ4v) is 3.99. The number of H-pyrrole nitrogens is 1. The summed E-state index contributed by atoms with van der Waals surface area (Å²) in [6.45, 7) is 1.30. The summed E-state index contributed by atoms with van der Waals surface area (Å²) >= 11 is 0. The van der Waals surface area contributed by atoms with Crippen molar-refractivity contribution >= 4 is 0 Å². The number of hydrogen-bond acceptors (Lipinski definition) is 4. The van der Waals surface area contributed by atoms with E-state index in [4.69, 9.17) is 19.2 Å². The molecule has 34 heavy (non-hydrogen) atoms. The van der Waals surface area contributed by atoms with Crippen molar-refractivity contribution < 1.29 is 14.2 Å². The second-order valence-electron chi connectivity index (χ2n) is 8.19. The third kappa shape index (κ3) is 6.06. The van der Waals surface area contributed by atoms with Crippen molar-refractivity contribution in [3.05, 3.63) is 90.3 Å². The Hall–Kier alpha value is -3.57. The van der Waals surface area contributed by atoms with E-state index in [1.807, 2.05) is 30.3 Å². The third-order valence-corrected chi connectivity index (χ3v) is 5.78. The molecule has 4 aromatic rings. The molecule has 0 radical (unpaired) electrons. The lowest BCUT2D eigenvalue weighted by atomic mass is 10.1. The molecule has 0 aliphatic rings. The van der Waals surface area contributed by atoms with Crippen molar-refractivity contribution in [2.75, 3.05) is 20.8 Å². The zero-order chi connectivity index (χ0) is 23.6. The molecule has 1 heterocycles. The number of ether oxygens (including phenoxy) is 3. The fraction of sp³-hybridized carbons (Fsp3) is 0.276. The maximum atomic E-state index is 5.86. The van der Waals surface area contributed by atoms with Crippen molar-refractivity contribution in [1.29, 1.82) is 0 Å². The van der Waals surface area contributed by atoms with Crippen LogP contribution in [0.3, 0.4) is 0 Å². The minimum Gasteiger partial charge on any atom is -0.493 e. The molecule has 0 unspecified atom stereocenters. The van der Waals surface area contributed by atoms with Gasteiger partial charge in [-0.25, -0.2) is 4.98 Å². The SMILES string of the molecule is COc1ccc(COCCCCCc2nc(-c3ccccc3)c(-c3ccccc3)[nH]2)cc1OC. The van der Waals surface area contributed by atoms with Crippen LogP contribution in [0.5, 0.6) is 11.5 Å². The van der Waals surface area contributed by atoms with Gasteiger partial charge in [-0.05, 0) is 30.5 Å². The van der Waals surface area contributed by atoms with Crippen LogP contribution in [0.1, 0.15) is 30.7 Å². The Labute approximate surface area is 201 Å². The van der Waals surface area contributed by atoms with Crippen LogP contribution in [-0.4, -0.2) is 30.8 Å². The standard InChI is InChI=1S/C29H32N2O3/c1-32-25-18-17-22(20-26(25)33-2)21-34-19-11-5-10-16-27-30-28(23-12-6-3-7-13-23)29(31-27)24-14-8-4-9-15-24/h3-4,6-9,12-15,17-18,20H,5,10-11,16,19,21H2,1-2H3,(H,30,31). The molecular weight excluding hydrogens is 424 g/mol. The lowest BCUT2D eigenvalue weighted by Crippen LogP contribution is -1.98. The highest BCUT2D eigenvalue weighted by molar-refractivity contribution is 5.78. The molecule has 0 bridgehead atoms. The van der Waals surface area contributed by atoms with Crippen molar-refractivity contribution in [1.82, 2.24) is 9.97 Å². The van der Waals surface area contributed by atoms with E-state index in [0.717, 1.165) is 77.7 Å². The second-order valence-corrected chi connectivity index (χ2v) is 8.19. The number of unbranched alkanes of at least 4 members (excludes halogenated alkanes) is 2. The summed E-state index contributed by atoms with van der Waals surface area (Å²) in [6, 6.07) is 26.7.